The molecule has 9 heteroatoms. The van der Waals surface area contributed by atoms with E-state index in [9.17, 15) is 27.3 Å². The largest absolute Gasteiger partial charge is 0.376 e. The highest BCUT2D eigenvalue weighted by atomic mass is 32.2. The van der Waals surface area contributed by atoms with Crippen molar-refractivity contribution < 1.29 is 26.3 Å². The summed E-state index contributed by atoms with van der Waals surface area (Å²) in [6, 6.07) is 5.50. The summed E-state index contributed by atoms with van der Waals surface area (Å²) in [6.07, 6.45) is 0. The second-order valence-electron chi connectivity index (χ2n) is 4.27. The fourth-order valence-corrected chi connectivity index (χ4v) is 2.96. The lowest BCUT2D eigenvalue weighted by molar-refractivity contribution is -0.385. The number of benzene rings is 2. The van der Waals surface area contributed by atoms with Gasteiger partial charge in [-0.25, -0.2) is 8.78 Å². The van der Waals surface area contributed by atoms with Crippen LogP contribution in [-0.2, 0) is 10.1 Å². The van der Waals surface area contributed by atoms with Gasteiger partial charge in [0.05, 0.1) is 4.92 Å². The summed E-state index contributed by atoms with van der Waals surface area (Å²) in [7, 11) is -4.50. The summed E-state index contributed by atoms with van der Waals surface area (Å²) < 4.78 is 55.1. The first-order valence-corrected chi connectivity index (χ1v) is 7.27. The van der Waals surface area contributed by atoms with E-state index in [2.05, 4.69) is 4.18 Å². The standard InChI is InChI=1S/C13H9F2NO5S/c1-8-11(16(17)18)3-2-4-13(8)22(19,20)21-12-6-5-9(14)7-10(12)15/h2-7H,1H3. The minimum absolute atomic E-state index is 0.144. The van der Waals surface area contributed by atoms with Crippen molar-refractivity contribution in [2.24, 2.45) is 0 Å². The first kappa shape index (κ1) is 15.8. The number of nitro groups is 1. The van der Waals surface area contributed by atoms with E-state index in [-0.39, 0.29) is 5.56 Å². The molecule has 0 saturated carbocycles. The molecule has 0 atom stereocenters. The Balaban J connectivity index is 2.47. The lowest BCUT2D eigenvalue weighted by Gasteiger charge is -2.10. The maximum absolute atomic E-state index is 13.5. The Labute approximate surface area is 124 Å². The van der Waals surface area contributed by atoms with E-state index in [1.807, 2.05) is 0 Å². The Hall–Kier alpha value is -2.55. The first-order chi connectivity index (χ1) is 10.2. The SMILES string of the molecule is Cc1c([N+](=O)[O-])cccc1S(=O)(=O)Oc1ccc(F)cc1F. The topological polar surface area (TPSA) is 86.5 Å². The Morgan fingerprint density at radius 2 is 1.86 bits per heavy atom. The van der Waals surface area contributed by atoms with Crippen LogP contribution in [0.4, 0.5) is 14.5 Å². The highest BCUT2D eigenvalue weighted by Gasteiger charge is 2.25. The number of hydrogen-bond donors (Lipinski definition) is 0. The van der Waals surface area contributed by atoms with Gasteiger partial charge in [0, 0.05) is 17.7 Å². The second-order valence-corrected chi connectivity index (χ2v) is 5.78. The summed E-state index contributed by atoms with van der Waals surface area (Å²) in [5, 5.41) is 10.8. The molecule has 0 spiro atoms. The molecule has 0 fully saturated rings. The Bertz CT molecular complexity index is 852. The van der Waals surface area contributed by atoms with E-state index in [4.69, 9.17) is 0 Å². The molecule has 116 valence electrons. The molecule has 22 heavy (non-hydrogen) atoms. The zero-order chi connectivity index (χ0) is 16.5. The average molecular weight is 329 g/mol. The van der Waals surface area contributed by atoms with Gasteiger partial charge in [-0.2, -0.15) is 8.42 Å². The molecule has 0 heterocycles. The van der Waals surface area contributed by atoms with E-state index in [0.717, 1.165) is 24.3 Å². The van der Waals surface area contributed by atoms with Crippen molar-refractivity contribution in [2.45, 2.75) is 11.8 Å². The van der Waals surface area contributed by atoms with Gasteiger partial charge in [-0.15, -0.1) is 0 Å². The Morgan fingerprint density at radius 1 is 1.18 bits per heavy atom. The summed E-state index contributed by atoms with van der Waals surface area (Å²) in [6.45, 7) is 1.23. The molecule has 2 rings (SSSR count). The molecule has 0 radical (unpaired) electrons. The van der Waals surface area contributed by atoms with Gasteiger partial charge in [0.15, 0.2) is 11.6 Å². The second kappa shape index (κ2) is 5.68. The van der Waals surface area contributed by atoms with E-state index in [0.29, 0.717) is 6.07 Å². The molecule has 0 saturated heterocycles. The fraction of sp³-hybridized carbons (Fsp3) is 0.0769. The van der Waals surface area contributed by atoms with Crippen LogP contribution in [0.1, 0.15) is 5.56 Å². The molecule has 0 N–H and O–H groups in total. The van der Waals surface area contributed by atoms with Gasteiger partial charge in [0.2, 0.25) is 0 Å². The summed E-state index contributed by atoms with van der Waals surface area (Å²) in [5.74, 6) is -2.80. The Morgan fingerprint density at radius 3 is 2.45 bits per heavy atom. The average Bonchev–Trinajstić information content (AvgIpc) is 2.41. The third-order valence-electron chi connectivity index (χ3n) is 2.81. The number of hydrogen-bond acceptors (Lipinski definition) is 5. The van der Waals surface area contributed by atoms with Crippen LogP contribution in [0, 0.1) is 28.7 Å². The van der Waals surface area contributed by atoms with E-state index in [1.165, 1.54) is 13.0 Å². The summed E-state index contributed by atoms with van der Waals surface area (Å²) in [4.78, 5) is 9.61. The maximum atomic E-state index is 13.5. The molecule has 0 aliphatic carbocycles. The van der Waals surface area contributed by atoms with Crippen molar-refractivity contribution in [1.82, 2.24) is 0 Å². The lowest BCUT2D eigenvalue weighted by atomic mass is 10.2. The van der Waals surface area contributed by atoms with Crippen LogP contribution in [-0.4, -0.2) is 13.3 Å². The van der Waals surface area contributed by atoms with Crippen molar-refractivity contribution in [3.8, 4) is 5.75 Å². The predicted molar refractivity (Wildman–Crippen MR) is 72.0 cm³/mol. The van der Waals surface area contributed by atoms with Crippen molar-refractivity contribution >= 4 is 15.8 Å². The number of rotatable bonds is 4. The number of nitrogens with zero attached hydrogens (tertiary/aromatic N) is 1. The molecule has 2 aromatic carbocycles. The predicted octanol–water partition coefficient (Wildman–Crippen LogP) is 2.95. The summed E-state index contributed by atoms with van der Waals surface area (Å²) >= 11 is 0. The van der Waals surface area contributed by atoms with Gasteiger partial charge >= 0.3 is 10.1 Å². The normalized spacial score (nSPS) is 11.2. The third kappa shape index (κ3) is 3.03. The molecule has 2 aromatic rings. The molecule has 0 aliphatic heterocycles. The van der Waals surface area contributed by atoms with Crippen LogP contribution in [0.3, 0.4) is 0 Å². The van der Waals surface area contributed by atoms with E-state index in [1.54, 1.807) is 0 Å². The highest BCUT2D eigenvalue weighted by Crippen LogP contribution is 2.28. The Kier molecular flexibility index (Phi) is 4.09. The van der Waals surface area contributed by atoms with Gasteiger partial charge in [-0.1, -0.05) is 6.07 Å². The van der Waals surface area contributed by atoms with E-state index >= 15 is 0 Å². The van der Waals surface area contributed by atoms with Crippen molar-refractivity contribution in [3.63, 3.8) is 0 Å². The molecular formula is C13H9F2NO5S. The molecule has 0 aromatic heterocycles. The van der Waals surface area contributed by atoms with Crippen LogP contribution in [0.25, 0.3) is 0 Å². The number of halogens is 2. The van der Waals surface area contributed by atoms with E-state index < -0.39 is 43.0 Å². The monoisotopic (exact) mass is 329 g/mol. The van der Waals surface area contributed by atoms with Gasteiger partial charge in [-0.05, 0) is 25.1 Å². The zero-order valence-electron chi connectivity index (χ0n) is 11.1. The van der Waals surface area contributed by atoms with Gasteiger partial charge in [-0.3, -0.25) is 10.1 Å². The molecular weight excluding hydrogens is 320 g/mol. The van der Waals surface area contributed by atoms with Crippen molar-refractivity contribution in [3.05, 3.63) is 63.7 Å². The fourth-order valence-electron chi connectivity index (χ4n) is 1.78. The highest BCUT2D eigenvalue weighted by molar-refractivity contribution is 7.87. The van der Waals surface area contributed by atoms with Crippen LogP contribution in [0.5, 0.6) is 5.75 Å². The first-order valence-electron chi connectivity index (χ1n) is 5.86. The zero-order valence-corrected chi connectivity index (χ0v) is 11.9. The van der Waals surface area contributed by atoms with Crippen LogP contribution >= 0.6 is 0 Å². The lowest BCUT2D eigenvalue weighted by Crippen LogP contribution is -2.13. The molecule has 0 aliphatic rings. The van der Waals surface area contributed by atoms with Crippen molar-refractivity contribution in [2.75, 3.05) is 0 Å². The van der Waals surface area contributed by atoms with Crippen LogP contribution in [0.2, 0.25) is 0 Å². The smallest absolute Gasteiger partial charge is 0.339 e. The third-order valence-corrected chi connectivity index (χ3v) is 4.19. The van der Waals surface area contributed by atoms with Crippen LogP contribution in [0.15, 0.2) is 41.3 Å². The molecule has 0 unspecified atom stereocenters. The maximum Gasteiger partial charge on any atom is 0.339 e. The number of nitro benzene ring substituents is 1. The van der Waals surface area contributed by atoms with Gasteiger partial charge in [0.25, 0.3) is 5.69 Å². The van der Waals surface area contributed by atoms with Crippen molar-refractivity contribution in [1.29, 1.82) is 0 Å². The quantitative estimate of drug-likeness (QED) is 0.489. The molecule has 6 nitrogen and oxygen atoms in total. The minimum Gasteiger partial charge on any atom is -0.376 e. The van der Waals surface area contributed by atoms with Crippen LogP contribution < -0.4 is 4.18 Å². The molecule has 0 bridgehead atoms. The minimum atomic E-state index is -4.50. The molecule has 0 amide bonds. The van der Waals surface area contributed by atoms with Gasteiger partial charge in [0.1, 0.15) is 10.7 Å². The summed E-state index contributed by atoms with van der Waals surface area (Å²) in [5.41, 5.74) is -0.556. The van der Waals surface area contributed by atoms with Gasteiger partial charge < -0.3 is 4.18 Å².